The second-order valence-electron chi connectivity index (χ2n) is 9.50. The minimum absolute atomic E-state index is 0.213. The molecule has 1 N–H and O–H groups in total. The number of nitrogens with zero attached hydrogens (tertiary/aromatic N) is 3. The molecule has 1 saturated carbocycles. The molecule has 0 amide bonds. The van der Waals surface area contributed by atoms with Crippen LogP contribution in [0.5, 0.6) is 5.75 Å². The van der Waals surface area contributed by atoms with Gasteiger partial charge in [0.2, 0.25) is 0 Å². The van der Waals surface area contributed by atoms with Crippen molar-refractivity contribution in [2.75, 3.05) is 13.1 Å². The van der Waals surface area contributed by atoms with Gasteiger partial charge in [-0.05, 0) is 30.9 Å². The molecule has 1 aliphatic carbocycles. The number of imidazole rings is 1. The molecule has 0 bridgehead atoms. The molecule has 1 saturated heterocycles. The molecule has 2 fully saturated rings. The van der Waals surface area contributed by atoms with Crippen LogP contribution in [0, 0.1) is 5.92 Å². The zero-order valence-corrected chi connectivity index (χ0v) is 18.9. The maximum atomic E-state index is 10.6. The van der Waals surface area contributed by atoms with E-state index in [9.17, 15) is 13.2 Å². The molecule has 6 nitrogen and oxygen atoms in total. The van der Waals surface area contributed by atoms with Crippen molar-refractivity contribution in [3.05, 3.63) is 36.3 Å². The highest BCUT2D eigenvalue weighted by atomic mass is 19.4. The summed E-state index contributed by atoms with van der Waals surface area (Å²) in [5.74, 6) is -1.16. The quantitative estimate of drug-likeness (QED) is 0.685. The first-order chi connectivity index (χ1) is 15.6. The van der Waals surface area contributed by atoms with Crippen molar-refractivity contribution in [3.63, 3.8) is 0 Å². The summed E-state index contributed by atoms with van der Waals surface area (Å²) in [6.45, 7) is 7.83. The third kappa shape index (κ3) is 4.74. The van der Waals surface area contributed by atoms with E-state index in [1.54, 1.807) is 0 Å². The first-order valence-electron chi connectivity index (χ1n) is 11.5. The lowest BCUT2D eigenvalue weighted by Gasteiger charge is -2.48. The zero-order chi connectivity index (χ0) is 23.8. The van der Waals surface area contributed by atoms with Crippen LogP contribution in [0.4, 0.5) is 13.2 Å². The first-order valence-corrected chi connectivity index (χ1v) is 11.5. The van der Waals surface area contributed by atoms with E-state index in [1.807, 2.05) is 6.33 Å². The summed E-state index contributed by atoms with van der Waals surface area (Å²) >= 11 is 0. The number of hydrogen-bond acceptors (Lipinski definition) is 4. The van der Waals surface area contributed by atoms with Gasteiger partial charge in [-0.25, -0.2) is 9.78 Å². The fourth-order valence-electron chi connectivity index (χ4n) is 4.94. The second kappa shape index (κ2) is 9.00. The van der Waals surface area contributed by atoms with Crippen LogP contribution in [0.15, 0.2) is 30.6 Å². The predicted molar refractivity (Wildman–Crippen MR) is 117 cm³/mol. The molecule has 9 heteroatoms. The molecule has 5 rings (SSSR count). The van der Waals surface area contributed by atoms with E-state index >= 15 is 0 Å². The lowest BCUT2D eigenvalue weighted by Crippen LogP contribution is -2.52. The molecule has 3 heterocycles. The maximum absolute atomic E-state index is 10.6. The van der Waals surface area contributed by atoms with Gasteiger partial charge in [0.15, 0.2) is 5.60 Å². The molecule has 2 aliphatic heterocycles. The number of aromatic nitrogens is 2. The molecule has 0 unspecified atom stereocenters. The van der Waals surface area contributed by atoms with E-state index in [0.717, 1.165) is 55.5 Å². The Morgan fingerprint density at radius 1 is 1.24 bits per heavy atom. The Morgan fingerprint density at radius 2 is 1.88 bits per heavy atom. The molecule has 2 aromatic rings. The number of para-hydroxylation sites is 1. The topological polar surface area (TPSA) is 67.6 Å². The SMILES string of the molecule is CC(C)Cn1cnc2c1C1(CCN(C3CCC3)CC1)Oc1ccccc1-2.O=C(O)C(F)(F)F. The van der Waals surface area contributed by atoms with Crippen molar-refractivity contribution in [3.8, 4) is 17.0 Å². The fraction of sp³-hybridized carbons (Fsp3) is 0.583. The van der Waals surface area contributed by atoms with Gasteiger partial charge in [0.25, 0.3) is 0 Å². The highest BCUT2D eigenvalue weighted by Crippen LogP contribution is 2.49. The number of piperidine rings is 1. The van der Waals surface area contributed by atoms with E-state index in [-0.39, 0.29) is 5.60 Å². The van der Waals surface area contributed by atoms with Crippen molar-refractivity contribution in [2.45, 2.75) is 70.3 Å². The van der Waals surface area contributed by atoms with Crippen molar-refractivity contribution < 1.29 is 27.8 Å². The van der Waals surface area contributed by atoms with Crippen molar-refractivity contribution >= 4 is 5.97 Å². The molecule has 1 spiro atoms. The number of carbonyl (C=O) groups is 1. The van der Waals surface area contributed by atoms with Gasteiger partial charge >= 0.3 is 12.1 Å². The number of aliphatic carboxylic acids is 1. The van der Waals surface area contributed by atoms with E-state index < -0.39 is 12.1 Å². The minimum Gasteiger partial charge on any atom is -0.480 e. The van der Waals surface area contributed by atoms with Gasteiger partial charge in [0.1, 0.15) is 5.75 Å². The van der Waals surface area contributed by atoms with Crippen LogP contribution in [-0.2, 0) is 16.9 Å². The smallest absolute Gasteiger partial charge is 0.480 e. The number of ether oxygens (including phenoxy) is 1. The molecule has 1 aromatic carbocycles. The van der Waals surface area contributed by atoms with Crippen LogP contribution in [0.2, 0.25) is 0 Å². The fourth-order valence-corrected chi connectivity index (χ4v) is 4.94. The third-order valence-corrected chi connectivity index (χ3v) is 6.72. The van der Waals surface area contributed by atoms with Crippen LogP contribution < -0.4 is 4.74 Å². The summed E-state index contributed by atoms with van der Waals surface area (Å²) < 4.78 is 40.9. The molecule has 180 valence electrons. The Morgan fingerprint density at radius 3 is 2.42 bits per heavy atom. The molecule has 0 radical (unpaired) electrons. The summed E-state index contributed by atoms with van der Waals surface area (Å²) in [4.78, 5) is 16.4. The highest BCUT2D eigenvalue weighted by molar-refractivity contribution is 5.73. The molecule has 3 aliphatic rings. The lowest BCUT2D eigenvalue weighted by atomic mass is 9.81. The summed E-state index contributed by atoms with van der Waals surface area (Å²) in [6, 6.07) is 9.25. The molecule has 33 heavy (non-hydrogen) atoms. The third-order valence-electron chi connectivity index (χ3n) is 6.72. The van der Waals surface area contributed by atoms with Gasteiger partial charge in [0, 0.05) is 44.1 Å². The molecular formula is C24H30F3N3O3. The van der Waals surface area contributed by atoms with Gasteiger partial charge in [0.05, 0.1) is 17.7 Å². The Hall–Kier alpha value is -2.55. The van der Waals surface area contributed by atoms with Crippen LogP contribution >= 0.6 is 0 Å². The average Bonchev–Trinajstić information content (AvgIpc) is 3.13. The number of rotatable bonds is 3. The molecule has 1 aromatic heterocycles. The number of carboxylic acid groups (broad SMARTS) is 1. The average molecular weight is 466 g/mol. The Balaban J connectivity index is 0.000000325. The van der Waals surface area contributed by atoms with Crippen LogP contribution in [0.3, 0.4) is 0 Å². The highest BCUT2D eigenvalue weighted by Gasteiger charge is 2.47. The number of halogens is 3. The van der Waals surface area contributed by atoms with Crippen LogP contribution in [0.25, 0.3) is 11.3 Å². The molecular weight excluding hydrogens is 435 g/mol. The lowest BCUT2D eigenvalue weighted by molar-refractivity contribution is -0.192. The summed E-state index contributed by atoms with van der Waals surface area (Å²) in [5.41, 5.74) is 3.40. The monoisotopic (exact) mass is 465 g/mol. The summed E-state index contributed by atoms with van der Waals surface area (Å²) in [7, 11) is 0. The number of fused-ring (bicyclic) bond motifs is 4. The Bertz CT molecular complexity index is 990. The van der Waals surface area contributed by atoms with Gasteiger partial charge in [-0.2, -0.15) is 13.2 Å². The van der Waals surface area contributed by atoms with Crippen LogP contribution in [0.1, 0.15) is 51.6 Å². The van der Waals surface area contributed by atoms with E-state index in [4.69, 9.17) is 19.6 Å². The van der Waals surface area contributed by atoms with Crippen molar-refractivity contribution in [1.82, 2.24) is 14.5 Å². The Labute approximate surface area is 191 Å². The van der Waals surface area contributed by atoms with Gasteiger partial charge in [-0.3, -0.25) is 0 Å². The number of hydrogen-bond donors (Lipinski definition) is 1. The van der Waals surface area contributed by atoms with Gasteiger partial charge in [-0.15, -0.1) is 0 Å². The van der Waals surface area contributed by atoms with E-state index in [0.29, 0.717) is 5.92 Å². The second-order valence-corrected chi connectivity index (χ2v) is 9.50. The van der Waals surface area contributed by atoms with Gasteiger partial charge < -0.3 is 19.3 Å². The van der Waals surface area contributed by atoms with E-state index in [1.165, 1.54) is 25.0 Å². The van der Waals surface area contributed by atoms with E-state index in [2.05, 4.69) is 47.6 Å². The zero-order valence-electron chi connectivity index (χ0n) is 18.9. The summed E-state index contributed by atoms with van der Waals surface area (Å²) in [6.07, 6.45) is 3.25. The van der Waals surface area contributed by atoms with Crippen molar-refractivity contribution in [2.24, 2.45) is 5.92 Å². The number of carboxylic acids is 1. The number of benzene rings is 1. The van der Waals surface area contributed by atoms with Gasteiger partial charge in [-0.1, -0.05) is 32.4 Å². The minimum atomic E-state index is -5.08. The number of likely N-dealkylation sites (tertiary alicyclic amines) is 1. The maximum Gasteiger partial charge on any atom is 0.490 e. The Kier molecular flexibility index (Phi) is 6.44. The van der Waals surface area contributed by atoms with Crippen LogP contribution in [-0.4, -0.2) is 50.8 Å². The standard InChI is InChI=1S/C22H29N3O.C2HF3O2/c1-16(2)14-25-15-23-20-18-8-3-4-9-19(18)26-22(21(20)25)10-12-24(13-11-22)17-6-5-7-17;3-2(4,5)1(6)7/h3-4,8-9,15-17H,5-7,10-14H2,1-2H3;(H,6,7). The number of alkyl halides is 3. The molecule has 0 atom stereocenters. The first kappa shape index (κ1) is 23.6. The normalized spacial score (nSPS) is 19.7. The van der Waals surface area contributed by atoms with Crippen molar-refractivity contribution in [1.29, 1.82) is 0 Å². The largest absolute Gasteiger partial charge is 0.490 e. The predicted octanol–water partition coefficient (Wildman–Crippen LogP) is 5.08. The summed E-state index contributed by atoms with van der Waals surface area (Å²) in [5, 5.41) is 7.12.